The summed E-state index contributed by atoms with van der Waals surface area (Å²) in [6.45, 7) is 2.10. The highest BCUT2D eigenvalue weighted by atomic mass is 127. The van der Waals surface area contributed by atoms with Crippen molar-refractivity contribution in [3.63, 3.8) is 0 Å². The molecule has 0 fully saturated rings. The molecule has 0 amide bonds. The van der Waals surface area contributed by atoms with E-state index in [0.717, 1.165) is 12.0 Å². The first-order valence-electron chi connectivity index (χ1n) is 6.39. The molecule has 0 spiro atoms. The highest BCUT2D eigenvalue weighted by molar-refractivity contribution is 14.1. The molecule has 2 aromatic rings. The number of benzene rings is 2. The zero-order valence-corrected chi connectivity index (χ0v) is 14.3. The van der Waals surface area contributed by atoms with Crippen molar-refractivity contribution in [2.45, 2.75) is 19.4 Å². The molecule has 0 heterocycles. The second-order valence-electron chi connectivity index (χ2n) is 4.77. The molecule has 2 aromatic carbocycles. The van der Waals surface area contributed by atoms with Gasteiger partial charge >= 0.3 is 0 Å². The molecule has 0 saturated heterocycles. The molecule has 0 aliphatic rings. The molecule has 0 aliphatic carbocycles. The van der Waals surface area contributed by atoms with Gasteiger partial charge in [-0.2, -0.15) is 0 Å². The summed E-state index contributed by atoms with van der Waals surface area (Å²) in [4.78, 5) is 0. The van der Waals surface area contributed by atoms with Crippen molar-refractivity contribution in [2.24, 2.45) is 0 Å². The van der Waals surface area contributed by atoms with Gasteiger partial charge in [0, 0.05) is 9.61 Å². The van der Waals surface area contributed by atoms with E-state index in [1.807, 2.05) is 7.05 Å². The van der Waals surface area contributed by atoms with Crippen LogP contribution in [-0.2, 0) is 6.42 Å². The van der Waals surface area contributed by atoms with Gasteiger partial charge in [-0.3, -0.25) is 0 Å². The third-order valence-electron chi connectivity index (χ3n) is 3.37. The largest absolute Gasteiger partial charge is 0.313 e. The van der Waals surface area contributed by atoms with Crippen molar-refractivity contribution in [3.8, 4) is 0 Å². The SMILES string of the molecule is CNC(Cc1ccc(F)c(Cl)c1)c1cccc(C)c1I. The summed E-state index contributed by atoms with van der Waals surface area (Å²) < 4.78 is 14.5. The molecule has 2 rings (SSSR count). The Labute approximate surface area is 137 Å². The normalized spacial score (nSPS) is 12.4. The zero-order chi connectivity index (χ0) is 14.7. The maximum absolute atomic E-state index is 13.2. The van der Waals surface area contributed by atoms with Gasteiger partial charge < -0.3 is 5.32 Å². The van der Waals surface area contributed by atoms with Crippen molar-refractivity contribution in [1.82, 2.24) is 5.32 Å². The van der Waals surface area contributed by atoms with Crippen LogP contribution in [0.5, 0.6) is 0 Å². The first kappa shape index (κ1) is 15.7. The lowest BCUT2D eigenvalue weighted by molar-refractivity contribution is 0.586. The van der Waals surface area contributed by atoms with Gasteiger partial charge in [0.1, 0.15) is 5.82 Å². The van der Waals surface area contributed by atoms with Gasteiger partial charge in [-0.15, -0.1) is 0 Å². The van der Waals surface area contributed by atoms with Crippen LogP contribution in [0.15, 0.2) is 36.4 Å². The second-order valence-corrected chi connectivity index (χ2v) is 6.26. The smallest absolute Gasteiger partial charge is 0.141 e. The van der Waals surface area contributed by atoms with E-state index in [9.17, 15) is 4.39 Å². The summed E-state index contributed by atoms with van der Waals surface area (Å²) in [6, 6.07) is 11.4. The van der Waals surface area contributed by atoms with E-state index >= 15 is 0 Å². The minimum Gasteiger partial charge on any atom is -0.313 e. The molecule has 0 aromatic heterocycles. The minimum atomic E-state index is -0.374. The van der Waals surface area contributed by atoms with Crippen LogP contribution in [0.3, 0.4) is 0 Å². The van der Waals surface area contributed by atoms with Crippen LogP contribution in [0, 0.1) is 16.3 Å². The Hall–Kier alpha value is -0.650. The third-order valence-corrected chi connectivity index (χ3v) is 5.13. The number of aryl methyl sites for hydroxylation is 1. The first-order chi connectivity index (χ1) is 9.52. The molecule has 1 atom stereocenters. The average Bonchev–Trinajstić information content (AvgIpc) is 2.43. The summed E-state index contributed by atoms with van der Waals surface area (Å²) in [5.41, 5.74) is 3.54. The third kappa shape index (κ3) is 3.51. The van der Waals surface area contributed by atoms with Crippen LogP contribution >= 0.6 is 34.2 Å². The van der Waals surface area contributed by atoms with Crippen molar-refractivity contribution >= 4 is 34.2 Å². The molecule has 1 unspecified atom stereocenters. The summed E-state index contributed by atoms with van der Waals surface area (Å²) >= 11 is 8.22. The number of halogens is 3. The van der Waals surface area contributed by atoms with Crippen LogP contribution in [0.4, 0.5) is 4.39 Å². The fourth-order valence-electron chi connectivity index (χ4n) is 2.21. The van der Waals surface area contributed by atoms with Gasteiger partial charge in [-0.05, 0) is 71.8 Å². The van der Waals surface area contributed by atoms with Crippen LogP contribution in [0.1, 0.15) is 22.7 Å². The summed E-state index contributed by atoms with van der Waals surface area (Å²) in [6.07, 6.45) is 0.774. The van der Waals surface area contributed by atoms with E-state index in [4.69, 9.17) is 11.6 Å². The van der Waals surface area contributed by atoms with Crippen LogP contribution in [0.2, 0.25) is 5.02 Å². The van der Waals surface area contributed by atoms with E-state index in [2.05, 4.69) is 53.0 Å². The number of hydrogen-bond donors (Lipinski definition) is 1. The zero-order valence-electron chi connectivity index (χ0n) is 11.4. The Bertz CT molecular complexity index is 615. The number of nitrogens with one attached hydrogen (secondary N) is 1. The van der Waals surface area contributed by atoms with E-state index in [-0.39, 0.29) is 16.9 Å². The predicted molar refractivity (Wildman–Crippen MR) is 90.8 cm³/mol. The molecule has 1 nitrogen and oxygen atoms in total. The molecule has 20 heavy (non-hydrogen) atoms. The van der Waals surface area contributed by atoms with E-state index in [1.54, 1.807) is 12.1 Å². The van der Waals surface area contributed by atoms with Crippen molar-refractivity contribution in [2.75, 3.05) is 7.05 Å². The average molecular weight is 404 g/mol. The lowest BCUT2D eigenvalue weighted by Crippen LogP contribution is -2.20. The highest BCUT2D eigenvalue weighted by Crippen LogP contribution is 2.26. The molecule has 0 bridgehead atoms. The second kappa shape index (κ2) is 6.87. The van der Waals surface area contributed by atoms with Crippen LogP contribution < -0.4 is 5.32 Å². The first-order valence-corrected chi connectivity index (χ1v) is 7.84. The maximum Gasteiger partial charge on any atom is 0.141 e. The fraction of sp³-hybridized carbons (Fsp3) is 0.250. The summed E-state index contributed by atoms with van der Waals surface area (Å²) in [7, 11) is 1.94. The Morgan fingerprint density at radius 3 is 2.70 bits per heavy atom. The molecule has 0 saturated carbocycles. The highest BCUT2D eigenvalue weighted by Gasteiger charge is 2.15. The standard InChI is InChI=1S/C16H16ClFIN/c1-10-4-3-5-12(16(10)19)15(20-2)9-11-6-7-14(18)13(17)8-11/h3-8,15,20H,9H2,1-2H3. The minimum absolute atomic E-state index is 0.177. The Balaban J connectivity index is 2.28. The fourth-order valence-corrected chi connectivity index (χ4v) is 3.15. The molecular formula is C16H16ClFIN. The lowest BCUT2D eigenvalue weighted by atomic mass is 9.98. The van der Waals surface area contributed by atoms with Crippen molar-refractivity contribution in [1.29, 1.82) is 0 Å². The monoisotopic (exact) mass is 403 g/mol. The number of likely N-dealkylation sites (N-methyl/N-ethyl adjacent to an activating group) is 1. The maximum atomic E-state index is 13.2. The quantitative estimate of drug-likeness (QED) is 0.716. The Morgan fingerprint density at radius 2 is 2.05 bits per heavy atom. The Kier molecular flexibility index (Phi) is 5.41. The van der Waals surface area contributed by atoms with Gasteiger partial charge in [0.05, 0.1) is 5.02 Å². The topological polar surface area (TPSA) is 12.0 Å². The molecular weight excluding hydrogens is 388 g/mol. The van der Waals surface area contributed by atoms with Crippen molar-refractivity contribution in [3.05, 3.63) is 67.5 Å². The van der Waals surface area contributed by atoms with Crippen LogP contribution in [0.25, 0.3) is 0 Å². The molecule has 106 valence electrons. The summed E-state index contributed by atoms with van der Waals surface area (Å²) in [5, 5.41) is 3.50. The molecule has 4 heteroatoms. The van der Waals surface area contributed by atoms with Gasteiger partial charge in [0.2, 0.25) is 0 Å². The van der Waals surface area contributed by atoms with Crippen LogP contribution in [-0.4, -0.2) is 7.05 Å². The van der Waals surface area contributed by atoms with Crippen molar-refractivity contribution < 1.29 is 4.39 Å². The van der Waals surface area contributed by atoms with Gasteiger partial charge in [-0.1, -0.05) is 35.9 Å². The molecule has 0 aliphatic heterocycles. The van der Waals surface area contributed by atoms with Gasteiger partial charge in [0.25, 0.3) is 0 Å². The van der Waals surface area contributed by atoms with Gasteiger partial charge in [0.15, 0.2) is 0 Å². The van der Waals surface area contributed by atoms with Gasteiger partial charge in [-0.25, -0.2) is 4.39 Å². The van der Waals surface area contributed by atoms with E-state index in [0.29, 0.717) is 0 Å². The summed E-state index contributed by atoms with van der Waals surface area (Å²) in [5.74, 6) is -0.374. The number of rotatable bonds is 4. The molecule has 0 radical (unpaired) electrons. The Morgan fingerprint density at radius 1 is 1.30 bits per heavy atom. The molecule has 1 N–H and O–H groups in total. The van der Waals surface area contributed by atoms with E-state index < -0.39 is 0 Å². The number of hydrogen-bond acceptors (Lipinski definition) is 1. The predicted octanol–water partition coefficient (Wildman–Crippen LogP) is 4.90. The van der Waals surface area contributed by atoms with E-state index in [1.165, 1.54) is 20.8 Å². The lowest BCUT2D eigenvalue weighted by Gasteiger charge is -2.19.